The number of hydrogen-bond donors (Lipinski definition) is 1. The third-order valence-electron chi connectivity index (χ3n) is 2.38. The van der Waals surface area contributed by atoms with Crippen LogP contribution in [0.3, 0.4) is 0 Å². The zero-order valence-corrected chi connectivity index (χ0v) is 9.65. The molecule has 0 aromatic heterocycles. The van der Waals surface area contributed by atoms with Crippen LogP contribution in [0.15, 0.2) is 12.1 Å². The van der Waals surface area contributed by atoms with Gasteiger partial charge >= 0.3 is 0 Å². The number of nitrogens with one attached hydrogen (secondary N) is 1. The Balaban J connectivity index is 2.65. The number of nitriles is 1. The molecule has 17 heavy (non-hydrogen) atoms. The lowest BCUT2D eigenvalue weighted by atomic mass is 9.91. The first-order chi connectivity index (χ1) is 7.85. The van der Waals surface area contributed by atoms with Crippen molar-refractivity contribution in [3.05, 3.63) is 29.6 Å². The molecule has 0 aliphatic heterocycles. The number of nitrogens with zero attached hydrogens (tertiary/aromatic N) is 1. The minimum Gasteiger partial charge on any atom is -0.383 e. The summed E-state index contributed by atoms with van der Waals surface area (Å²) in [5.74, 6) is -3.17. The van der Waals surface area contributed by atoms with Crippen molar-refractivity contribution < 1.29 is 13.2 Å². The van der Waals surface area contributed by atoms with Gasteiger partial charge in [-0.2, -0.15) is 5.26 Å². The van der Waals surface area contributed by atoms with E-state index in [0.29, 0.717) is 19.0 Å². The van der Waals surface area contributed by atoms with Gasteiger partial charge in [-0.1, -0.05) is 0 Å². The van der Waals surface area contributed by atoms with E-state index in [4.69, 9.17) is 5.26 Å². The van der Waals surface area contributed by atoms with Gasteiger partial charge in [-0.3, -0.25) is 0 Å². The summed E-state index contributed by atoms with van der Waals surface area (Å²) in [4.78, 5) is 0. The maximum Gasteiger partial charge on any atom is 0.161 e. The van der Waals surface area contributed by atoms with Gasteiger partial charge in [-0.05, 0) is 20.3 Å². The Labute approximate surface area is 98.1 Å². The lowest BCUT2D eigenvalue weighted by Gasteiger charge is -2.16. The number of halogens is 3. The van der Waals surface area contributed by atoms with Crippen LogP contribution in [0.1, 0.15) is 20.3 Å². The highest BCUT2D eigenvalue weighted by molar-refractivity contribution is 5.45. The van der Waals surface area contributed by atoms with Gasteiger partial charge in [0.25, 0.3) is 0 Å². The van der Waals surface area contributed by atoms with Crippen LogP contribution in [0.5, 0.6) is 0 Å². The van der Waals surface area contributed by atoms with Crippen LogP contribution in [0.4, 0.5) is 18.9 Å². The largest absolute Gasteiger partial charge is 0.383 e. The van der Waals surface area contributed by atoms with Crippen LogP contribution in [0, 0.1) is 34.2 Å². The smallest absolute Gasteiger partial charge is 0.161 e. The molecule has 92 valence electrons. The van der Waals surface area contributed by atoms with Crippen molar-refractivity contribution in [1.29, 1.82) is 5.26 Å². The maximum absolute atomic E-state index is 13.2. The topological polar surface area (TPSA) is 35.8 Å². The van der Waals surface area contributed by atoms with Crippen LogP contribution < -0.4 is 5.32 Å². The fourth-order valence-electron chi connectivity index (χ4n) is 1.22. The molecule has 0 saturated carbocycles. The molecule has 0 amide bonds. The maximum atomic E-state index is 13.2. The van der Waals surface area contributed by atoms with Gasteiger partial charge in [0.1, 0.15) is 5.82 Å². The minimum atomic E-state index is -1.22. The van der Waals surface area contributed by atoms with Crippen molar-refractivity contribution in [3.63, 3.8) is 0 Å². The van der Waals surface area contributed by atoms with E-state index < -0.39 is 22.9 Å². The van der Waals surface area contributed by atoms with E-state index in [2.05, 4.69) is 11.4 Å². The first kappa shape index (κ1) is 13.4. The van der Waals surface area contributed by atoms with Gasteiger partial charge in [-0.25, -0.2) is 13.2 Å². The van der Waals surface area contributed by atoms with Crippen molar-refractivity contribution in [1.82, 2.24) is 0 Å². The molecule has 0 atom stereocenters. The predicted octanol–water partition coefficient (Wildman–Crippen LogP) is 3.46. The zero-order valence-electron chi connectivity index (χ0n) is 9.65. The SMILES string of the molecule is CC(C)(C#N)CCNc1cc(F)c(F)cc1F. The molecular weight excluding hydrogens is 229 g/mol. The monoisotopic (exact) mass is 242 g/mol. The summed E-state index contributed by atoms with van der Waals surface area (Å²) in [6.07, 6.45) is 0.474. The average molecular weight is 242 g/mol. The second-order valence-corrected chi connectivity index (χ2v) is 4.42. The molecule has 1 N–H and O–H groups in total. The van der Waals surface area contributed by atoms with E-state index in [1.54, 1.807) is 13.8 Å². The fourth-order valence-corrected chi connectivity index (χ4v) is 1.22. The molecule has 0 aliphatic carbocycles. The Morgan fingerprint density at radius 3 is 2.35 bits per heavy atom. The molecule has 0 spiro atoms. The first-order valence-corrected chi connectivity index (χ1v) is 5.15. The Hall–Kier alpha value is -1.70. The summed E-state index contributed by atoms with van der Waals surface area (Å²) in [6.45, 7) is 3.80. The molecule has 1 rings (SSSR count). The molecule has 0 radical (unpaired) electrons. The zero-order chi connectivity index (χ0) is 13.1. The number of rotatable bonds is 4. The minimum absolute atomic E-state index is 0.0994. The van der Waals surface area contributed by atoms with E-state index in [9.17, 15) is 13.2 Å². The molecule has 0 aliphatic rings. The standard InChI is InChI=1S/C12H13F3N2/c1-12(2,7-16)3-4-17-11-6-9(14)8(13)5-10(11)15/h5-6,17H,3-4H2,1-2H3. The van der Waals surface area contributed by atoms with E-state index in [-0.39, 0.29) is 5.69 Å². The van der Waals surface area contributed by atoms with Crippen molar-refractivity contribution in [2.75, 3.05) is 11.9 Å². The summed E-state index contributed by atoms with van der Waals surface area (Å²) >= 11 is 0. The Kier molecular flexibility index (Phi) is 4.00. The van der Waals surface area contributed by atoms with E-state index in [0.717, 1.165) is 6.07 Å². The molecule has 0 saturated heterocycles. The quantitative estimate of drug-likeness (QED) is 0.821. The average Bonchev–Trinajstić information content (AvgIpc) is 2.25. The van der Waals surface area contributed by atoms with E-state index in [1.807, 2.05) is 0 Å². The second-order valence-electron chi connectivity index (χ2n) is 4.42. The first-order valence-electron chi connectivity index (χ1n) is 5.15. The van der Waals surface area contributed by atoms with Gasteiger partial charge in [0.05, 0.1) is 17.2 Å². The molecular formula is C12H13F3N2. The van der Waals surface area contributed by atoms with E-state index in [1.165, 1.54) is 0 Å². The summed E-state index contributed by atoms with van der Waals surface area (Å²) in [6, 6.07) is 3.36. The Morgan fingerprint density at radius 1 is 1.18 bits per heavy atom. The van der Waals surface area contributed by atoms with Gasteiger partial charge in [-0.15, -0.1) is 0 Å². The predicted molar refractivity (Wildman–Crippen MR) is 58.8 cm³/mol. The van der Waals surface area contributed by atoms with E-state index >= 15 is 0 Å². The summed E-state index contributed by atoms with van der Waals surface area (Å²) < 4.78 is 38.7. The molecule has 0 unspecified atom stereocenters. The molecule has 2 nitrogen and oxygen atoms in total. The third kappa shape index (κ3) is 3.66. The lowest BCUT2D eigenvalue weighted by Crippen LogP contribution is -2.15. The normalized spacial score (nSPS) is 11.1. The van der Waals surface area contributed by atoms with Crippen LogP contribution >= 0.6 is 0 Å². The molecule has 1 aromatic carbocycles. The highest BCUT2D eigenvalue weighted by Crippen LogP contribution is 2.21. The van der Waals surface area contributed by atoms with Gasteiger partial charge in [0, 0.05) is 18.7 Å². The number of benzene rings is 1. The fraction of sp³-hybridized carbons (Fsp3) is 0.417. The number of hydrogen-bond acceptors (Lipinski definition) is 2. The Morgan fingerprint density at radius 2 is 1.76 bits per heavy atom. The van der Waals surface area contributed by atoms with Crippen molar-refractivity contribution in [2.45, 2.75) is 20.3 Å². The summed E-state index contributed by atoms with van der Waals surface area (Å²) in [5, 5.41) is 11.4. The van der Waals surface area contributed by atoms with Crippen LogP contribution in [0.25, 0.3) is 0 Å². The molecule has 0 fully saturated rings. The van der Waals surface area contributed by atoms with Crippen molar-refractivity contribution in [3.8, 4) is 6.07 Å². The van der Waals surface area contributed by atoms with Crippen LogP contribution in [-0.4, -0.2) is 6.54 Å². The highest BCUT2D eigenvalue weighted by atomic mass is 19.2. The second kappa shape index (κ2) is 5.09. The Bertz CT molecular complexity index is 450. The third-order valence-corrected chi connectivity index (χ3v) is 2.38. The van der Waals surface area contributed by atoms with Gasteiger partial charge < -0.3 is 5.32 Å². The van der Waals surface area contributed by atoms with Crippen LogP contribution in [0.2, 0.25) is 0 Å². The number of anilines is 1. The van der Waals surface area contributed by atoms with Crippen molar-refractivity contribution >= 4 is 5.69 Å². The van der Waals surface area contributed by atoms with Crippen LogP contribution in [-0.2, 0) is 0 Å². The molecule has 0 bridgehead atoms. The molecule has 1 aromatic rings. The van der Waals surface area contributed by atoms with Gasteiger partial charge in [0.2, 0.25) is 0 Å². The summed E-state index contributed by atoms with van der Waals surface area (Å²) in [5.41, 5.74) is -0.639. The highest BCUT2D eigenvalue weighted by Gasteiger charge is 2.16. The lowest BCUT2D eigenvalue weighted by molar-refractivity contribution is 0.465. The van der Waals surface area contributed by atoms with Crippen molar-refractivity contribution in [2.24, 2.45) is 5.41 Å². The molecule has 5 heteroatoms. The molecule has 0 heterocycles. The summed E-state index contributed by atoms with van der Waals surface area (Å²) in [7, 11) is 0. The van der Waals surface area contributed by atoms with Gasteiger partial charge in [0.15, 0.2) is 11.6 Å².